The summed E-state index contributed by atoms with van der Waals surface area (Å²) in [6.45, 7) is 13.9. The first kappa shape index (κ1) is 36.3. The molecular formula is C54H42N8. The lowest BCUT2D eigenvalue weighted by Gasteiger charge is -2.12. The normalized spacial score (nSPS) is 15.4. The molecule has 0 saturated heterocycles. The molecule has 8 nitrogen and oxygen atoms in total. The molecule has 298 valence electrons. The molecule has 4 aliphatic heterocycles. The van der Waals surface area contributed by atoms with E-state index in [1.54, 1.807) is 0 Å². The summed E-state index contributed by atoms with van der Waals surface area (Å²) < 4.78 is 4.62. The van der Waals surface area contributed by atoms with Crippen molar-refractivity contribution in [2.45, 2.75) is 53.6 Å². The maximum atomic E-state index is 5.62. The molecule has 0 saturated carbocycles. The van der Waals surface area contributed by atoms with Crippen molar-refractivity contribution in [2.24, 2.45) is 30.0 Å². The lowest BCUT2D eigenvalue weighted by Crippen LogP contribution is -2.29. The Bertz CT molecular complexity index is 3690. The van der Waals surface area contributed by atoms with Gasteiger partial charge in [-0.15, -0.1) is 0 Å². The summed E-state index contributed by atoms with van der Waals surface area (Å²) in [5.41, 5.74) is 11.0. The van der Waals surface area contributed by atoms with Gasteiger partial charge in [0.2, 0.25) is 0 Å². The Labute approximate surface area is 358 Å². The van der Waals surface area contributed by atoms with Crippen molar-refractivity contribution in [3.8, 4) is 0 Å². The molecule has 2 aromatic heterocycles. The summed E-state index contributed by atoms with van der Waals surface area (Å²) >= 11 is 0. The predicted octanol–water partition coefficient (Wildman–Crippen LogP) is 11.6. The molecule has 0 unspecified atom stereocenters. The fraction of sp³-hybridized carbons (Fsp3) is 0.148. The fourth-order valence-electron chi connectivity index (χ4n) is 9.59. The van der Waals surface area contributed by atoms with Gasteiger partial charge < -0.3 is 9.13 Å². The van der Waals surface area contributed by atoms with Crippen LogP contribution in [0.25, 0.3) is 55.2 Å². The van der Waals surface area contributed by atoms with Gasteiger partial charge in [-0.1, -0.05) is 85.0 Å². The fourth-order valence-corrected chi connectivity index (χ4v) is 9.59. The van der Waals surface area contributed by atoms with Crippen LogP contribution >= 0.6 is 0 Å². The molecule has 8 aromatic rings. The smallest absolute Gasteiger partial charge is 0.164 e. The lowest BCUT2D eigenvalue weighted by molar-refractivity contribution is 0.541. The van der Waals surface area contributed by atoms with Gasteiger partial charge in [-0.25, -0.2) is 30.0 Å². The number of fused-ring (bicyclic) bond motifs is 19. The van der Waals surface area contributed by atoms with E-state index in [1.807, 2.05) is 6.92 Å². The molecule has 8 heteroatoms. The van der Waals surface area contributed by atoms with Crippen molar-refractivity contribution in [1.82, 2.24) is 9.13 Å². The van der Waals surface area contributed by atoms with E-state index >= 15 is 0 Å². The monoisotopic (exact) mass is 802 g/mol. The average Bonchev–Trinajstić information content (AvgIpc) is 3.95. The van der Waals surface area contributed by atoms with Crippen molar-refractivity contribution >= 4 is 90.2 Å². The molecule has 0 spiro atoms. The van der Waals surface area contributed by atoms with Gasteiger partial charge in [-0.2, -0.15) is 0 Å². The molecule has 0 amide bonds. The zero-order chi connectivity index (χ0) is 41.8. The zero-order valence-corrected chi connectivity index (χ0v) is 35.2. The molecule has 0 radical (unpaired) electrons. The highest BCUT2D eigenvalue weighted by atomic mass is 15.2. The van der Waals surface area contributed by atoms with E-state index in [0.29, 0.717) is 36.4 Å². The van der Waals surface area contributed by atoms with Gasteiger partial charge in [0.05, 0.1) is 0 Å². The Morgan fingerprint density at radius 3 is 1.55 bits per heavy atom. The predicted molar refractivity (Wildman–Crippen MR) is 257 cm³/mol. The molecule has 0 fully saturated rings. The van der Waals surface area contributed by atoms with Gasteiger partial charge >= 0.3 is 0 Å². The summed E-state index contributed by atoms with van der Waals surface area (Å²) in [6.07, 6.45) is 10.2. The number of aliphatic imine (C=N–C) groups is 4. The van der Waals surface area contributed by atoms with Crippen molar-refractivity contribution in [2.75, 3.05) is 0 Å². The number of nitrogens with zero attached hydrogens (tertiary/aromatic N) is 8. The van der Waals surface area contributed by atoms with E-state index in [9.17, 15) is 0 Å². The molecule has 12 rings (SSSR count). The van der Waals surface area contributed by atoms with Crippen LogP contribution in [-0.4, -0.2) is 32.5 Å². The number of benzene rings is 6. The van der Waals surface area contributed by atoms with Gasteiger partial charge in [-0.3, -0.25) is 0 Å². The molecular weight excluding hydrogens is 761 g/mol. The van der Waals surface area contributed by atoms with Gasteiger partial charge in [-0.05, 0) is 133 Å². The first-order valence-corrected chi connectivity index (χ1v) is 21.4. The van der Waals surface area contributed by atoms with Gasteiger partial charge in [0.1, 0.15) is 22.6 Å². The van der Waals surface area contributed by atoms with Crippen LogP contribution in [0.1, 0.15) is 71.2 Å². The van der Waals surface area contributed by atoms with Crippen LogP contribution in [0.4, 0.5) is 11.6 Å². The van der Waals surface area contributed by atoms with Gasteiger partial charge in [0, 0.05) is 56.9 Å². The van der Waals surface area contributed by atoms with Crippen LogP contribution in [0, 0.1) is 13.8 Å². The van der Waals surface area contributed by atoms with Crippen LogP contribution in [0.2, 0.25) is 0 Å². The number of aromatic nitrogens is 2. The van der Waals surface area contributed by atoms with Crippen molar-refractivity contribution in [1.29, 1.82) is 0 Å². The van der Waals surface area contributed by atoms with Crippen LogP contribution < -0.4 is 11.0 Å². The van der Waals surface area contributed by atoms with Crippen LogP contribution in [0.3, 0.4) is 0 Å². The first-order valence-electron chi connectivity index (χ1n) is 21.4. The SMILES string of the molecule is C=C(C)/C=C\c1cc2c3n4c(c2cc1C)N=C1N=C(N=c2c5cc6ccccc6cc5c(n2CCCC4)=NC2=NC(=N3)c3cc(/C=C\C)c(C)cc32)c2cc3ccccc3cc21. The highest BCUT2D eigenvalue weighted by molar-refractivity contribution is 6.26. The van der Waals surface area contributed by atoms with E-state index in [-0.39, 0.29) is 0 Å². The number of amidine groups is 4. The molecule has 0 N–H and O–H groups in total. The van der Waals surface area contributed by atoms with E-state index in [4.69, 9.17) is 30.0 Å². The van der Waals surface area contributed by atoms with Gasteiger partial charge in [0.15, 0.2) is 23.3 Å². The second-order valence-electron chi connectivity index (χ2n) is 16.9. The molecule has 6 aromatic carbocycles. The summed E-state index contributed by atoms with van der Waals surface area (Å²) in [7, 11) is 0. The first-order chi connectivity index (χ1) is 30.3. The highest BCUT2D eigenvalue weighted by Gasteiger charge is 2.29. The Kier molecular flexibility index (Phi) is 8.03. The number of allylic oxidation sites excluding steroid dienone is 3. The summed E-state index contributed by atoms with van der Waals surface area (Å²) in [4.78, 5) is 33.2. The number of aryl methyl sites for hydroxylation is 2. The molecule has 4 aliphatic rings. The topological polar surface area (TPSA) is 84.0 Å². The zero-order valence-electron chi connectivity index (χ0n) is 35.2. The van der Waals surface area contributed by atoms with Crippen molar-refractivity contribution < 1.29 is 0 Å². The largest absolute Gasteiger partial charge is 0.310 e. The van der Waals surface area contributed by atoms with Crippen LogP contribution in [-0.2, 0) is 13.1 Å². The molecule has 6 heterocycles. The molecule has 6 bridgehead atoms. The van der Waals surface area contributed by atoms with Crippen molar-refractivity contribution in [3.05, 3.63) is 177 Å². The van der Waals surface area contributed by atoms with Crippen LogP contribution in [0.15, 0.2) is 151 Å². The standard InChI is InChI=1S/C54H42N8/c1-6-13-33-24-40-39(22-31(33)4)47-55-48(40)59-52-44-25-34(19-18-30(2)3)32(5)23-43(44)51-58-49-41-26-35-14-7-8-15-36(35)27-42(41)50(56-49)60-54-46-29-38-17-10-9-16-37(38)28-45(46)53(57-47)62(54)21-12-11-20-61(51)52/h6-10,13-19,22-29H,2,11-12,20-21H2,1,3-5H3/b13-6-,19-18-,57-47?,57-53?,58-49?,58-51?,59-48?,59-52?,60-50?,60-54?. The van der Waals surface area contributed by atoms with Crippen molar-refractivity contribution in [3.63, 3.8) is 0 Å². The Morgan fingerprint density at radius 2 is 0.984 bits per heavy atom. The maximum Gasteiger partial charge on any atom is 0.164 e. The molecule has 0 atom stereocenters. The van der Waals surface area contributed by atoms with E-state index < -0.39 is 0 Å². The third-order valence-electron chi connectivity index (χ3n) is 12.7. The summed E-state index contributed by atoms with van der Waals surface area (Å²) in [5, 5.41) is 8.62. The molecule has 0 aliphatic carbocycles. The Hall–Kier alpha value is -7.58. The minimum atomic E-state index is 0.631. The summed E-state index contributed by atoms with van der Waals surface area (Å²) in [6, 6.07) is 34.9. The van der Waals surface area contributed by atoms with Gasteiger partial charge in [0.25, 0.3) is 0 Å². The third-order valence-corrected chi connectivity index (χ3v) is 12.7. The second-order valence-corrected chi connectivity index (χ2v) is 16.9. The minimum Gasteiger partial charge on any atom is -0.310 e. The number of hydrogen-bond acceptors (Lipinski definition) is 6. The lowest BCUT2D eigenvalue weighted by atomic mass is 9.99. The third kappa shape index (κ3) is 5.59. The second kappa shape index (κ2) is 13.7. The highest BCUT2D eigenvalue weighted by Crippen LogP contribution is 2.43. The Morgan fingerprint density at radius 1 is 0.516 bits per heavy atom. The van der Waals surface area contributed by atoms with E-state index in [1.165, 1.54) is 0 Å². The number of rotatable bonds is 3. The maximum absolute atomic E-state index is 5.62. The van der Waals surface area contributed by atoms with E-state index in [2.05, 4.69) is 158 Å². The Balaban J connectivity index is 1.28. The minimum absolute atomic E-state index is 0.631. The number of hydrogen-bond donors (Lipinski definition) is 0. The molecule has 62 heavy (non-hydrogen) atoms. The van der Waals surface area contributed by atoms with Crippen LogP contribution in [0.5, 0.6) is 0 Å². The summed E-state index contributed by atoms with van der Waals surface area (Å²) in [5.74, 6) is 4.19. The average molecular weight is 803 g/mol. The quantitative estimate of drug-likeness (QED) is 0.159. The van der Waals surface area contributed by atoms with E-state index in [0.717, 1.165) is 129 Å².